The molecule has 0 radical (unpaired) electrons. The number of amidine groups is 1. The van der Waals surface area contributed by atoms with E-state index < -0.39 is 6.17 Å². The molecule has 0 spiro atoms. The summed E-state index contributed by atoms with van der Waals surface area (Å²) in [4.78, 5) is 9.99. The Bertz CT molecular complexity index is 145. The Kier molecular flexibility index (Phi) is 1.64. The van der Waals surface area contributed by atoms with E-state index in [1.807, 2.05) is 0 Å². The van der Waals surface area contributed by atoms with Gasteiger partial charge in [0, 0.05) is 0 Å². The van der Waals surface area contributed by atoms with Crippen molar-refractivity contribution in [1.82, 2.24) is 10.7 Å². The summed E-state index contributed by atoms with van der Waals surface area (Å²) in [6.07, 6.45) is 0.207. The van der Waals surface area contributed by atoms with Crippen LogP contribution in [-0.2, 0) is 4.79 Å². The maximum absolute atomic E-state index is 9.99. The van der Waals surface area contributed by atoms with Crippen molar-refractivity contribution in [2.45, 2.75) is 6.17 Å². The number of nitrogens with zero attached hydrogens (tertiary/aromatic N) is 1. The van der Waals surface area contributed by atoms with Gasteiger partial charge in [-0.25, -0.2) is 0 Å². The van der Waals surface area contributed by atoms with Crippen molar-refractivity contribution in [1.29, 1.82) is 0 Å². The number of aliphatic hydroxyl groups excluding tert-OH is 1. The molecular weight excluding hydrogens is 122 g/mol. The van der Waals surface area contributed by atoms with Gasteiger partial charge < -0.3 is 10.4 Å². The van der Waals surface area contributed by atoms with Gasteiger partial charge in [0.15, 0.2) is 12.5 Å². The third-order valence-electron chi connectivity index (χ3n) is 0.947. The molecule has 0 aromatic carbocycles. The summed E-state index contributed by atoms with van der Waals surface area (Å²) in [5.74, 6) is 0.395. The van der Waals surface area contributed by atoms with E-state index in [4.69, 9.17) is 5.11 Å². The smallest absolute Gasteiger partial charge is 0.170 e. The van der Waals surface area contributed by atoms with Crippen LogP contribution in [0.25, 0.3) is 0 Å². The molecule has 1 aliphatic heterocycles. The Morgan fingerprint density at radius 3 is 3.00 bits per heavy atom. The molecule has 0 aromatic rings. The predicted molar refractivity (Wildman–Crippen MR) is 30.6 cm³/mol. The van der Waals surface area contributed by atoms with Gasteiger partial charge in [0.05, 0.1) is 0 Å². The van der Waals surface area contributed by atoms with Crippen molar-refractivity contribution in [3.63, 3.8) is 0 Å². The molecule has 0 aromatic heterocycles. The van der Waals surface area contributed by atoms with Crippen LogP contribution in [0.4, 0.5) is 0 Å². The number of aliphatic hydroxyl groups is 1. The fraction of sp³-hybridized carbons (Fsp3) is 0.500. The Balaban J connectivity index is 2.39. The fourth-order valence-electron chi connectivity index (χ4n) is 0.537. The summed E-state index contributed by atoms with van der Waals surface area (Å²) in [5, 5.41) is 14.6. The monoisotopic (exact) mass is 129 g/mol. The second-order valence-electron chi connectivity index (χ2n) is 1.60. The van der Waals surface area contributed by atoms with Crippen molar-refractivity contribution in [3.05, 3.63) is 0 Å². The maximum Gasteiger partial charge on any atom is 0.170 e. The number of nitrogens with one attached hydrogen (secondary N) is 2. The number of hydrogen-bond acceptors (Lipinski definition) is 5. The highest BCUT2D eigenvalue weighted by Crippen LogP contribution is 1.83. The molecule has 1 atom stereocenters. The number of hydrogen-bond donors (Lipinski definition) is 3. The van der Waals surface area contributed by atoms with Crippen molar-refractivity contribution < 1.29 is 9.90 Å². The molecule has 1 heterocycles. The molecule has 0 aliphatic carbocycles. The standard InChI is InChI=1S/C4H7N3O2/c8-1-3-5-4(2-9)7-6-3/h1,3,6,9H,2H2,(H,5,7). The second-order valence-corrected chi connectivity index (χ2v) is 1.60. The number of carbonyl (C=O) groups is 1. The Morgan fingerprint density at radius 2 is 2.67 bits per heavy atom. The first-order valence-corrected chi connectivity index (χ1v) is 2.51. The maximum atomic E-state index is 9.99. The van der Waals surface area contributed by atoms with E-state index in [9.17, 15) is 4.79 Å². The molecule has 0 fully saturated rings. The van der Waals surface area contributed by atoms with Crippen LogP contribution in [0.15, 0.2) is 5.10 Å². The normalized spacial score (nSPS) is 24.1. The molecule has 5 nitrogen and oxygen atoms in total. The minimum atomic E-state index is -0.466. The van der Waals surface area contributed by atoms with Gasteiger partial charge in [-0.1, -0.05) is 0 Å². The van der Waals surface area contributed by atoms with E-state index in [1.165, 1.54) is 0 Å². The summed E-state index contributed by atoms with van der Waals surface area (Å²) >= 11 is 0. The van der Waals surface area contributed by atoms with Crippen LogP contribution in [0, 0.1) is 0 Å². The molecule has 1 rings (SSSR count). The molecule has 0 saturated carbocycles. The van der Waals surface area contributed by atoms with Gasteiger partial charge in [-0.2, -0.15) is 5.10 Å². The largest absolute Gasteiger partial charge is 0.388 e. The minimum absolute atomic E-state index is 0.169. The summed E-state index contributed by atoms with van der Waals surface area (Å²) in [6, 6.07) is 0. The zero-order valence-corrected chi connectivity index (χ0v) is 4.66. The quantitative estimate of drug-likeness (QED) is 0.377. The average molecular weight is 129 g/mol. The SMILES string of the molecule is O=CC1NN=C(CO)N1. The Labute approximate surface area is 51.7 Å². The van der Waals surface area contributed by atoms with Gasteiger partial charge in [-0.15, -0.1) is 0 Å². The fourth-order valence-corrected chi connectivity index (χ4v) is 0.537. The average Bonchev–Trinajstić information content (AvgIpc) is 2.34. The summed E-state index contributed by atoms with van der Waals surface area (Å²) in [6.45, 7) is -0.169. The lowest BCUT2D eigenvalue weighted by atomic mass is 10.5. The van der Waals surface area contributed by atoms with E-state index in [0.717, 1.165) is 0 Å². The first kappa shape index (κ1) is 6.03. The Morgan fingerprint density at radius 1 is 1.89 bits per heavy atom. The zero-order valence-electron chi connectivity index (χ0n) is 4.66. The number of carbonyl (C=O) groups excluding carboxylic acids is 1. The molecule has 1 aliphatic rings. The van der Waals surface area contributed by atoms with Crippen LogP contribution in [0.5, 0.6) is 0 Å². The van der Waals surface area contributed by atoms with Crippen LogP contribution in [0.1, 0.15) is 0 Å². The third kappa shape index (κ3) is 1.17. The first-order valence-electron chi connectivity index (χ1n) is 2.51. The van der Waals surface area contributed by atoms with E-state index in [2.05, 4.69) is 15.8 Å². The molecular formula is C4H7N3O2. The molecule has 0 amide bonds. The highest BCUT2D eigenvalue weighted by Gasteiger charge is 2.13. The van der Waals surface area contributed by atoms with Gasteiger partial charge in [0.1, 0.15) is 12.4 Å². The third-order valence-corrected chi connectivity index (χ3v) is 0.947. The summed E-state index contributed by atoms with van der Waals surface area (Å²) in [5.41, 5.74) is 2.46. The van der Waals surface area contributed by atoms with Gasteiger partial charge >= 0.3 is 0 Å². The van der Waals surface area contributed by atoms with Crippen molar-refractivity contribution in [2.75, 3.05) is 6.61 Å². The van der Waals surface area contributed by atoms with Crippen LogP contribution in [0.2, 0.25) is 0 Å². The molecule has 9 heavy (non-hydrogen) atoms. The molecule has 5 heteroatoms. The van der Waals surface area contributed by atoms with E-state index in [-0.39, 0.29) is 6.61 Å². The van der Waals surface area contributed by atoms with Crippen LogP contribution < -0.4 is 10.7 Å². The number of aldehydes is 1. The Hall–Kier alpha value is -1.10. The van der Waals surface area contributed by atoms with Gasteiger partial charge in [-0.3, -0.25) is 10.2 Å². The molecule has 0 bridgehead atoms. The second kappa shape index (κ2) is 2.45. The van der Waals surface area contributed by atoms with Crippen molar-refractivity contribution in [2.24, 2.45) is 5.10 Å². The molecule has 50 valence electrons. The lowest BCUT2D eigenvalue weighted by molar-refractivity contribution is -0.109. The highest BCUT2D eigenvalue weighted by molar-refractivity contribution is 5.87. The topological polar surface area (TPSA) is 73.7 Å². The number of hydrazone groups is 1. The van der Waals surface area contributed by atoms with Crippen LogP contribution in [0.3, 0.4) is 0 Å². The molecule has 0 saturated heterocycles. The predicted octanol–water partition coefficient (Wildman–Crippen LogP) is -1.99. The summed E-state index contributed by atoms with van der Waals surface area (Å²) in [7, 11) is 0. The van der Waals surface area contributed by atoms with E-state index >= 15 is 0 Å². The van der Waals surface area contributed by atoms with Gasteiger partial charge in [-0.05, 0) is 0 Å². The van der Waals surface area contributed by atoms with Crippen LogP contribution in [-0.4, -0.2) is 30.0 Å². The van der Waals surface area contributed by atoms with Crippen LogP contribution >= 0.6 is 0 Å². The summed E-state index contributed by atoms with van der Waals surface area (Å²) < 4.78 is 0. The van der Waals surface area contributed by atoms with Gasteiger partial charge in [0.25, 0.3) is 0 Å². The first-order chi connectivity index (χ1) is 4.36. The van der Waals surface area contributed by atoms with Crippen molar-refractivity contribution in [3.8, 4) is 0 Å². The number of rotatable bonds is 2. The minimum Gasteiger partial charge on any atom is -0.388 e. The lowest BCUT2D eigenvalue weighted by Gasteiger charge is -1.99. The molecule has 3 N–H and O–H groups in total. The van der Waals surface area contributed by atoms with Gasteiger partial charge in [0.2, 0.25) is 0 Å². The van der Waals surface area contributed by atoms with E-state index in [1.54, 1.807) is 0 Å². The lowest BCUT2D eigenvalue weighted by Crippen LogP contribution is -2.37. The molecule has 1 unspecified atom stereocenters. The zero-order chi connectivity index (χ0) is 6.69. The van der Waals surface area contributed by atoms with E-state index in [0.29, 0.717) is 12.1 Å². The van der Waals surface area contributed by atoms with Crippen molar-refractivity contribution >= 4 is 12.1 Å². The highest BCUT2D eigenvalue weighted by atomic mass is 16.3.